The molecule has 0 aromatic heterocycles. The van der Waals surface area contributed by atoms with Crippen molar-refractivity contribution in [1.82, 2.24) is 9.80 Å². The Labute approximate surface area is 148 Å². The van der Waals surface area contributed by atoms with E-state index >= 15 is 0 Å². The van der Waals surface area contributed by atoms with E-state index in [0.717, 1.165) is 13.0 Å². The summed E-state index contributed by atoms with van der Waals surface area (Å²) in [7, 11) is 4.15. The topological polar surface area (TPSA) is 23.6 Å². The van der Waals surface area contributed by atoms with E-state index in [1.807, 2.05) is 11.9 Å². The minimum absolute atomic E-state index is 0.0372. The Balaban J connectivity index is 1.86. The Morgan fingerprint density at radius 3 is 2.61 bits per heavy atom. The lowest BCUT2D eigenvalue weighted by Gasteiger charge is -2.49. The van der Waals surface area contributed by atoms with E-state index in [0.29, 0.717) is 15.6 Å². The number of hydrogen-bond acceptors (Lipinski definition) is 2. The molecule has 0 bridgehead atoms. The fourth-order valence-corrected chi connectivity index (χ4v) is 4.80. The van der Waals surface area contributed by atoms with Gasteiger partial charge in [-0.2, -0.15) is 0 Å². The Morgan fingerprint density at radius 1 is 1.22 bits per heavy atom. The molecule has 1 saturated heterocycles. The molecule has 1 spiro atoms. The van der Waals surface area contributed by atoms with Crippen molar-refractivity contribution in [3.8, 4) is 0 Å². The molecule has 1 amide bonds. The first kappa shape index (κ1) is 17.1. The van der Waals surface area contributed by atoms with Crippen LogP contribution in [0.25, 0.3) is 0 Å². The Morgan fingerprint density at radius 2 is 1.96 bits per heavy atom. The lowest BCUT2D eigenvalue weighted by atomic mass is 9.75. The lowest BCUT2D eigenvalue weighted by Crippen LogP contribution is -2.60. The maximum atomic E-state index is 13.0. The van der Waals surface area contributed by atoms with Crippen LogP contribution in [0.3, 0.4) is 0 Å². The quantitative estimate of drug-likeness (QED) is 0.781. The molecule has 1 aromatic carbocycles. The maximum Gasteiger partial charge on any atom is 0.253 e. The first-order valence-corrected chi connectivity index (χ1v) is 9.15. The monoisotopic (exact) mass is 354 g/mol. The fourth-order valence-electron chi connectivity index (χ4n) is 4.51. The molecule has 1 aliphatic heterocycles. The van der Waals surface area contributed by atoms with Gasteiger partial charge < -0.3 is 4.90 Å². The maximum absolute atomic E-state index is 13.0. The van der Waals surface area contributed by atoms with Crippen LogP contribution in [0, 0.1) is 0 Å². The average Bonchev–Trinajstić information content (AvgIpc) is 2.90. The van der Waals surface area contributed by atoms with Gasteiger partial charge in [0.2, 0.25) is 0 Å². The molecule has 3 nitrogen and oxygen atoms in total. The summed E-state index contributed by atoms with van der Waals surface area (Å²) >= 11 is 12.0. The third-order valence-electron chi connectivity index (χ3n) is 5.78. The van der Waals surface area contributed by atoms with Crippen LogP contribution in [0.4, 0.5) is 0 Å². The van der Waals surface area contributed by atoms with Crippen molar-refractivity contribution in [3.05, 3.63) is 33.8 Å². The molecule has 1 aliphatic carbocycles. The molecule has 0 N–H and O–H groups in total. The Hall–Kier alpha value is -0.770. The van der Waals surface area contributed by atoms with E-state index in [4.69, 9.17) is 23.2 Å². The van der Waals surface area contributed by atoms with E-state index < -0.39 is 0 Å². The van der Waals surface area contributed by atoms with Gasteiger partial charge in [0, 0.05) is 18.2 Å². The van der Waals surface area contributed by atoms with Crippen molar-refractivity contribution in [2.45, 2.75) is 50.1 Å². The summed E-state index contributed by atoms with van der Waals surface area (Å²) in [6.07, 6.45) is 7.13. The van der Waals surface area contributed by atoms with Gasteiger partial charge in [-0.3, -0.25) is 9.69 Å². The number of hydrogen-bond donors (Lipinski definition) is 0. The normalized spacial score (nSPS) is 28.3. The van der Waals surface area contributed by atoms with Crippen LogP contribution in [0.2, 0.25) is 10.0 Å². The smallest absolute Gasteiger partial charge is 0.253 e. The van der Waals surface area contributed by atoms with E-state index in [9.17, 15) is 4.79 Å². The molecule has 23 heavy (non-hydrogen) atoms. The van der Waals surface area contributed by atoms with Gasteiger partial charge in [-0.1, -0.05) is 36.0 Å². The van der Waals surface area contributed by atoms with Gasteiger partial charge in [0.15, 0.2) is 0 Å². The fraction of sp³-hybridized carbons (Fsp3) is 0.611. The number of carbonyl (C=O) groups is 1. The van der Waals surface area contributed by atoms with Crippen LogP contribution >= 0.6 is 23.2 Å². The zero-order valence-electron chi connectivity index (χ0n) is 13.8. The zero-order chi connectivity index (χ0) is 16.6. The summed E-state index contributed by atoms with van der Waals surface area (Å²) < 4.78 is 0. The average molecular weight is 355 g/mol. The van der Waals surface area contributed by atoms with Crippen LogP contribution in [0.1, 0.15) is 48.9 Å². The van der Waals surface area contributed by atoms with Crippen LogP contribution in [0.5, 0.6) is 0 Å². The highest BCUT2D eigenvalue weighted by Crippen LogP contribution is 2.43. The number of halogens is 2. The molecular weight excluding hydrogens is 331 g/mol. The van der Waals surface area contributed by atoms with Gasteiger partial charge in [-0.25, -0.2) is 0 Å². The minimum Gasteiger partial charge on any atom is -0.337 e. The summed E-state index contributed by atoms with van der Waals surface area (Å²) in [5.41, 5.74) is 0.766. The number of amides is 1. The summed E-state index contributed by atoms with van der Waals surface area (Å²) in [5, 5.41) is 0.915. The second-order valence-electron chi connectivity index (χ2n) is 6.94. The number of nitrogens with zero attached hydrogens (tertiary/aromatic N) is 2. The first-order chi connectivity index (χ1) is 11.0. The highest BCUT2D eigenvalue weighted by Gasteiger charge is 2.48. The van der Waals surface area contributed by atoms with Crippen LogP contribution < -0.4 is 0 Å². The SMILES string of the molecule is CN(C(=O)c1ccc(Cl)c(Cl)c1)[C@H]1CCCC[C@@]12CCCN2C. The predicted molar refractivity (Wildman–Crippen MR) is 95.4 cm³/mol. The van der Waals surface area contributed by atoms with E-state index in [2.05, 4.69) is 11.9 Å². The van der Waals surface area contributed by atoms with Crippen molar-refractivity contribution in [3.63, 3.8) is 0 Å². The largest absolute Gasteiger partial charge is 0.337 e. The highest BCUT2D eigenvalue weighted by atomic mass is 35.5. The molecule has 3 rings (SSSR count). The molecule has 5 heteroatoms. The Kier molecular flexibility index (Phi) is 4.91. The molecule has 126 valence electrons. The van der Waals surface area contributed by atoms with E-state index in [1.165, 1.54) is 32.1 Å². The zero-order valence-corrected chi connectivity index (χ0v) is 15.3. The van der Waals surface area contributed by atoms with Crippen LogP contribution in [0.15, 0.2) is 18.2 Å². The third kappa shape index (κ3) is 2.99. The van der Waals surface area contributed by atoms with Crippen LogP contribution in [-0.4, -0.2) is 47.9 Å². The number of likely N-dealkylation sites (tertiary alicyclic amines) is 1. The minimum atomic E-state index is 0.0372. The highest BCUT2D eigenvalue weighted by molar-refractivity contribution is 6.42. The van der Waals surface area contributed by atoms with Gasteiger partial charge in [0.05, 0.1) is 16.1 Å². The number of benzene rings is 1. The van der Waals surface area contributed by atoms with Gasteiger partial charge in [-0.15, -0.1) is 0 Å². The molecule has 1 saturated carbocycles. The lowest BCUT2D eigenvalue weighted by molar-refractivity contribution is 0.0158. The van der Waals surface area contributed by atoms with Gasteiger partial charge in [-0.05, 0) is 57.5 Å². The molecule has 0 radical (unpaired) electrons. The van der Waals surface area contributed by atoms with Gasteiger partial charge in [0.25, 0.3) is 5.91 Å². The van der Waals surface area contributed by atoms with Crippen molar-refractivity contribution in [2.75, 3.05) is 20.6 Å². The molecule has 2 atom stereocenters. The van der Waals surface area contributed by atoms with Gasteiger partial charge in [0.1, 0.15) is 0 Å². The van der Waals surface area contributed by atoms with E-state index in [1.54, 1.807) is 18.2 Å². The van der Waals surface area contributed by atoms with Crippen molar-refractivity contribution in [2.24, 2.45) is 0 Å². The molecule has 0 unspecified atom stereocenters. The predicted octanol–water partition coefficient (Wildman–Crippen LogP) is 4.47. The molecule has 1 heterocycles. The van der Waals surface area contributed by atoms with Crippen molar-refractivity contribution in [1.29, 1.82) is 0 Å². The standard InChI is InChI=1S/C18H24Cl2N2O/c1-21-11-5-10-18(21)9-4-3-6-16(18)22(2)17(23)13-7-8-14(19)15(20)12-13/h7-8,12,16H,3-6,9-11H2,1-2H3/t16-,18+/m0/s1. The number of likely N-dealkylation sites (N-methyl/N-ethyl adjacent to an activating group) is 2. The summed E-state index contributed by atoms with van der Waals surface area (Å²) in [6.45, 7) is 1.13. The molecule has 1 aromatic rings. The van der Waals surface area contributed by atoms with Crippen LogP contribution in [-0.2, 0) is 0 Å². The first-order valence-electron chi connectivity index (χ1n) is 8.39. The molecule has 2 aliphatic rings. The molecule has 2 fully saturated rings. The third-order valence-corrected chi connectivity index (χ3v) is 6.51. The number of carbonyl (C=O) groups excluding carboxylic acids is 1. The summed E-state index contributed by atoms with van der Waals surface area (Å²) in [6, 6.07) is 5.41. The second-order valence-corrected chi connectivity index (χ2v) is 7.75. The van der Waals surface area contributed by atoms with Gasteiger partial charge >= 0.3 is 0 Å². The number of rotatable bonds is 2. The summed E-state index contributed by atoms with van der Waals surface area (Å²) in [5.74, 6) is 0.0372. The van der Waals surface area contributed by atoms with Crippen molar-refractivity contribution >= 4 is 29.1 Å². The van der Waals surface area contributed by atoms with Crippen molar-refractivity contribution < 1.29 is 4.79 Å². The summed E-state index contributed by atoms with van der Waals surface area (Å²) in [4.78, 5) is 17.4. The molecular formula is C18H24Cl2N2O. The van der Waals surface area contributed by atoms with E-state index in [-0.39, 0.29) is 17.5 Å². The second kappa shape index (κ2) is 6.62. The Bertz CT molecular complexity index is 607.